The number of nitrogens with one attached hydrogen (secondary N) is 2. The third-order valence-electron chi connectivity index (χ3n) is 4.18. The maximum Gasteiger partial charge on any atom is 1.00 e. The monoisotopic (exact) mass is 563 g/mol. The largest absolute Gasteiger partial charge is 1.00 e. The van der Waals surface area contributed by atoms with Gasteiger partial charge in [-0.1, -0.05) is 58.0 Å². The van der Waals surface area contributed by atoms with Gasteiger partial charge in [0.2, 0.25) is 15.6 Å². The van der Waals surface area contributed by atoms with Crippen LogP contribution in [0.1, 0.15) is 13.8 Å². The van der Waals surface area contributed by atoms with Gasteiger partial charge in [0, 0.05) is 4.75 Å². The molecule has 3 amide bonds. The van der Waals surface area contributed by atoms with Gasteiger partial charge in [0.25, 0.3) is 0 Å². The number of carbonyl (C=O) groups is 4. The van der Waals surface area contributed by atoms with Gasteiger partial charge in [-0.15, -0.1) is 11.8 Å². The van der Waals surface area contributed by atoms with Gasteiger partial charge in [-0.3, -0.25) is 9.59 Å². The van der Waals surface area contributed by atoms with E-state index in [0.29, 0.717) is 0 Å². The average Bonchev–Trinajstić information content (AvgIpc) is 2.84. The molecular weight excluding hydrogens is 551 g/mol. The van der Waals surface area contributed by atoms with Crippen molar-refractivity contribution >= 4 is 93.6 Å². The molecule has 0 bridgehead atoms. The van der Waals surface area contributed by atoms with Crippen LogP contribution < -0.4 is 45.3 Å². The second kappa shape index (κ2) is 11.1. The van der Waals surface area contributed by atoms with Crippen LogP contribution in [-0.4, -0.2) is 67.4 Å². The number of halogens is 5. The zero-order chi connectivity index (χ0) is 23.0. The molecule has 168 valence electrons. The molecule has 4 atom stereocenters. The molecule has 2 N–H and O–H groups in total. The van der Waals surface area contributed by atoms with Gasteiger partial charge in [0.15, 0.2) is 0 Å². The maximum absolute atomic E-state index is 12.6. The number of carboxylic acid groups (broad SMARTS) is 1. The first kappa shape index (κ1) is 29.3. The molecule has 2 aliphatic rings. The van der Waals surface area contributed by atoms with Crippen molar-refractivity contribution in [1.29, 1.82) is 0 Å². The molecule has 2 saturated heterocycles. The van der Waals surface area contributed by atoms with Crippen molar-refractivity contribution in [2.45, 2.75) is 45.9 Å². The number of carbonyl (C=O) groups excluding carboxylic acids is 4. The smallest absolute Gasteiger partial charge is 0.548 e. The van der Waals surface area contributed by atoms with E-state index in [1.807, 2.05) is 0 Å². The number of aliphatic carboxylic acids is 1. The molecule has 2 rings (SSSR count). The summed E-state index contributed by atoms with van der Waals surface area (Å²) in [5.74, 6) is -2.83. The number of carboxylic acids is 1. The number of β-lactam (4-membered cyclic amide) rings is 1. The van der Waals surface area contributed by atoms with Crippen LogP contribution in [0.2, 0.25) is 0 Å². The van der Waals surface area contributed by atoms with Crippen LogP contribution in [-0.2, 0) is 19.1 Å². The molecule has 16 heteroatoms. The van der Waals surface area contributed by atoms with Crippen molar-refractivity contribution in [3.8, 4) is 0 Å². The molecule has 0 aromatic heterocycles. The van der Waals surface area contributed by atoms with Crippen LogP contribution >= 0.6 is 69.8 Å². The Labute approximate surface area is 229 Å². The van der Waals surface area contributed by atoms with Crippen LogP contribution in [0.4, 0.5) is 4.79 Å². The van der Waals surface area contributed by atoms with Gasteiger partial charge < -0.3 is 30.2 Å². The number of hydrogen-bond acceptors (Lipinski definition) is 7. The predicted octanol–water partition coefficient (Wildman–Crippen LogP) is -1.93. The molecule has 2 fully saturated rings. The van der Waals surface area contributed by atoms with Crippen molar-refractivity contribution in [3.63, 3.8) is 0 Å². The Kier molecular flexibility index (Phi) is 10.5. The Morgan fingerprint density at radius 1 is 1.32 bits per heavy atom. The van der Waals surface area contributed by atoms with E-state index in [1.165, 1.54) is 11.8 Å². The summed E-state index contributed by atoms with van der Waals surface area (Å²) in [7, 11) is 0. The minimum Gasteiger partial charge on any atom is -0.548 e. The van der Waals surface area contributed by atoms with E-state index < -0.39 is 62.5 Å². The van der Waals surface area contributed by atoms with E-state index in [9.17, 15) is 24.3 Å². The predicted molar refractivity (Wildman–Crippen MR) is 111 cm³/mol. The normalized spacial score (nSPS) is 24.7. The summed E-state index contributed by atoms with van der Waals surface area (Å²) in [4.78, 5) is 49.5. The van der Waals surface area contributed by atoms with Gasteiger partial charge in [0.05, 0.1) is 12.0 Å². The van der Waals surface area contributed by atoms with E-state index >= 15 is 0 Å². The van der Waals surface area contributed by atoms with Crippen LogP contribution in [0.3, 0.4) is 0 Å². The summed E-state index contributed by atoms with van der Waals surface area (Å²) in [6.45, 7) is 2.72. The number of nitrogens with zero attached hydrogens (tertiary/aromatic N) is 1. The number of rotatable bonds is 6. The molecular formula is C15H15Cl5N3NaO6S. The summed E-state index contributed by atoms with van der Waals surface area (Å²) < 4.78 is 1.65. The van der Waals surface area contributed by atoms with Gasteiger partial charge in [-0.2, -0.15) is 0 Å². The second-order valence-electron chi connectivity index (χ2n) is 6.83. The van der Waals surface area contributed by atoms with E-state index in [2.05, 4.69) is 15.4 Å². The zero-order valence-corrected chi connectivity index (χ0v) is 22.9. The number of alkyl halides is 3. The zero-order valence-electron chi connectivity index (χ0n) is 16.3. The van der Waals surface area contributed by atoms with Crippen LogP contribution in [0.15, 0.2) is 10.6 Å². The van der Waals surface area contributed by atoms with Crippen molar-refractivity contribution < 1.29 is 58.6 Å². The van der Waals surface area contributed by atoms with Gasteiger partial charge in [-0.05, 0) is 19.9 Å². The van der Waals surface area contributed by atoms with Crippen molar-refractivity contribution in [2.24, 2.45) is 0 Å². The average molecular weight is 566 g/mol. The van der Waals surface area contributed by atoms with E-state index in [4.69, 9.17) is 58.0 Å². The standard InChI is InChI=1S/C15H16Cl5N3O6S.Na/c1-14(2)8(12(26)27)23-10(25)7(11(23)30-14)22-9(24)5(3-6(16)17)21-13(28)29-4-15(18,19)20;/h3,5,7-8,11H,4H2,1-2H3,(H,21,28)(H,22,24)(H,26,27);/q;+1/p-1/t5?,7-,8-,11+;/m0./s1. The first-order valence-corrected chi connectivity index (χ1v) is 10.9. The summed E-state index contributed by atoms with van der Waals surface area (Å²) in [5, 5.41) is 15.4. The Bertz CT molecular complexity index is 792. The Hall–Kier alpha value is 0.220. The van der Waals surface area contributed by atoms with Crippen molar-refractivity contribution in [1.82, 2.24) is 15.5 Å². The van der Waals surface area contributed by atoms with Crippen LogP contribution in [0.5, 0.6) is 0 Å². The molecule has 9 nitrogen and oxygen atoms in total. The molecule has 0 aliphatic carbocycles. The number of thioether (sulfide) groups is 1. The molecule has 31 heavy (non-hydrogen) atoms. The fraction of sp³-hybridized carbons (Fsp3) is 0.600. The van der Waals surface area contributed by atoms with E-state index in [1.54, 1.807) is 13.8 Å². The molecule has 2 aliphatic heterocycles. The van der Waals surface area contributed by atoms with E-state index in [0.717, 1.165) is 11.0 Å². The molecule has 0 spiro atoms. The van der Waals surface area contributed by atoms with Gasteiger partial charge in [-0.25, -0.2) is 4.79 Å². The summed E-state index contributed by atoms with van der Waals surface area (Å²) in [6, 6.07) is -3.58. The molecule has 0 radical (unpaired) electrons. The maximum atomic E-state index is 12.6. The van der Waals surface area contributed by atoms with Crippen LogP contribution in [0.25, 0.3) is 0 Å². The summed E-state index contributed by atoms with van der Waals surface area (Å²) >= 11 is 28.8. The SMILES string of the molecule is CC1(C)S[C@@H]2[C@@H](NC(=O)C(C=C(Cl)Cl)NC(=O)OCC(Cl)(Cl)Cl)C(=O)N2[C@H]1C(=O)[O-].[Na+]. The molecule has 0 saturated carbocycles. The molecule has 0 aromatic carbocycles. The topological polar surface area (TPSA) is 128 Å². The Morgan fingerprint density at radius 3 is 2.39 bits per heavy atom. The number of fused-ring (bicyclic) bond motifs is 1. The fourth-order valence-electron chi connectivity index (χ4n) is 2.99. The third-order valence-corrected chi connectivity index (χ3v) is 6.33. The number of alkyl carbamates (subject to hydrolysis) is 1. The minimum atomic E-state index is -1.86. The Balaban J connectivity index is 0.00000480. The second-order valence-corrected chi connectivity index (χ2v) is 12.1. The number of hydrogen-bond donors (Lipinski definition) is 2. The third kappa shape index (κ3) is 7.35. The van der Waals surface area contributed by atoms with Crippen LogP contribution in [0, 0.1) is 0 Å². The molecule has 2 heterocycles. The van der Waals surface area contributed by atoms with Crippen molar-refractivity contribution in [2.75, 3.05) is 6.61 Å². The number of amides is 3. The molecule has 1 unspecified atom stereocenters. The van der Waals surface area contributed by atoms with E-state index in [-0.39, 0.29) is 34.0 Å². The molecule has 0 aromatic rings. The van der Waals surface area contributed by atoms with Crippen molar-refractivity contribution in [3.05, 3.63) is 10.6 Å². The first-order chi connectivity index (χ1) is 13.6. The quantitative estimate of drug-likeness (QED) is 0.218. The van der Waals surface area contributed by atoms with Gasteiger partial charge >= 0.3 is 35.7 Å². The first-order valence-electron chi connectivity index (χ1n) is 8.18. The van der Waals surface area contributed by atoms with Gasteiger partial charge in [0.1, 0.15) is 28.6 Å². The minimum absolute atomic E-state index is 0. The fourth-order valence-corrected chi connectivity index (χ4v) is 5.03. The summed E-state index contributed by atoms with van der Waals surface area (Å²) in [6.07, 6.45) is -0.117. The number of ether oxygens (including phenoxy) is 1. The summed E-state index contributed by atoms with van der Waals surface area (Å²) in [5.41, 5.74) is 0. The Morgan fingerprint density at radius 2 is 1.90 bits per heavy atom.